The summed E-state index contributed by atoms with van der Waals surface area (Å²) in [6.07, 6.45) is 0. The number of para-hydroxylation sites is 1. The van der Waals surface area contributed by atoms with E-state index in [1.807, 2.05) is 11.4 Å². The molecule has 1 aromatic carbocycles. The number of hydrogen-bond donors (Lipinski definition) is 1. The fourth-order valence-electron chi connectivity index (χ4n) is 2.95. The molecule has 4 rings (SSSR count). The molecular formula is C19H17N5O3S3. The van der Waals surface area contributed by atoms with Crippen LogP contribution in [0.5, 0.6) is 0 Å². The van der Waals surface area contributed by atoms with E-state index < -0.39 is 11.6 Å². The average molecular weight is 460 g/mol. The summed E-state index contributed by atoms with van der Waals surface area (Å²) in [5.74, 6) is 0.384. The number of fused-ring (bicyclic) bond motifs is 1. The second-order valence-corrected chi connectivity index (χ2v) is 9.46. The Kier molecular flexibility index (Phi) is 6.11. The highest BCUT2D eigenvalue weighted by atomic mass is 32.2. The second kappa shape index (κ2) is 8.94. The highest BCUT2D eigenvalue weighted by molar-refractivity contribution is 8.00. The number of rotatable bonds is 7. The van der Waals surface area contributed by atoms with Gasteiger partial charge < -0.3 is 0 Å². The van der Waals surface area contributed by atoms with Gasteiger partial charge in [0.25, 0.3) is 5.56 Å². The molecule has 0 aliphatic carbocycles. The summed E-state index contributed by atoms with van der Waals surface area (Å²) in [7, 11) is 0. The van der Waals surface area contributed by atoms with Gasteiger partial charge in [0.05, 0.1) is 10.9 Å². The third-order valence-electron chi connectivity index (χ3n) is 4.32. The van der Waals surface area contributed by atoms with Crippen molar-refractivity contribution in [2.45, 2.75) is 30.1 Å². The lowest BCUT2D eigenvalue weighted by Gasteiger charge is -2.12. The second-order valence-electron chi connectivity index (χ2n) is 6.22. The minimum atomic E-state index is -0.513. The Hall–Kier alpha value is -2.76. The Morgan fingerprint density at radius 1 is 1.13 bits per heavy atom. The number of benzene rings is 1. The minimum Gasteiger partial charge on any atom is -0.299 e. The molecule has 1 N–H and O–H groups in total. The first-order chi connectivity index (χ1) is 14.6. The Morgan fingerprint density at radius 2 is 1.97 bits per heavy atom. The van der Waals surface area contributed by atoms with Crippen LogP contribution >= 0.6 is 34.4 Å². The first kappa shape index (κ1) is 20.5. The summed E-state index contributed by atoms with van der Waals surface area (Å²) in [4.78, 5) is 39.1. The summed E-state index contributed by atoms with van der Waals surface area (Å²) in [5.41, 5.74) is -0.441. The van der Waals surface area contributed by atoms with Crippen molar-refractivity contribution in [3.05, 3.63) is 67.5 Å². The van der Waals surface area contributed by atoms with Gasteiger partial charge in [-0.25, -0.2) is 4.79 Å². The lowest BCUT2D eigenvalue weighted by atomic mass is 10.2. The van der Waals surface area contributed by atoms with E-state index in [0.29, 0.717) is 16.0 Å². The van der Waals surface area contributed by atoms with Gasteiger partial charge in [-0.15, -0.1) is 21.5 Å². The quantitative estimate of drug-likeness (QED) is 0.337. The van der Waals surface area contributed by atoms with E-state index in [4.69, 9.17) is 0 Å². The predicted octanol–water partition coefficient (Wildman–Crippen LogP) is 3.03. The number of aromatic nitrogens is 4. The van der Waals surface area contributed by atoms with E-state index in [2.05, 4.69) is 21.6 Å². The van der Waals surface area contributed by atoms with Crippen LogP contribution in [0, 0.1) is 0 Å². The number of hydrogen-bond acceptors (Lipinski definition) is 8. The summed E-state index contributed by atoms with van der Waals surface area (Å²) >= 11 is 4.51. The molecular weight excluding hydrogens is 442 g/mol. The summed E-state index contributed by atoms with van der Waals surface area (Å²) in [6, 6.07) is 10.8. The monoisotopic (exact) mass is 459 g/mol. The fourth-order valence-corrected chi connectivity index (χ4v) is 5.49. The van der Waals surface area contributed by atoms with Crippen LogP contribution in [0.3, 0.4) is 0 Å². The summed E-state index contributed by atoms with van der Waals surface area (Å²) < 4.78 is 3.18. The van der Waals surface area contributed by atoms with Gasteiger partial charge in [0.2, 0.25) is 11.0 Å². The van der Waals surface area contributed by atoms with Crippen molar-refractivity contribution in [1.29, 1.82) is 0 Å². The Balaban J connectivity index is 1.52. The van der Waals surface area contributed by atoms with Crippen molar-refractivity contribution >= 4 is 56.4 Å². The van der Waals surface area contributed by atoms with E-state index in [1.54, 1.807) is 54.3 Å². The first-order valence-electron chi connectivity index (χ1n) is 9.07. The van der Waals surface area contributed by atoms with E-state index in [0.717, 1.165) is 14.7 Å². The topological polar surface area (TPSA) is 98.9 Å². The van der Waals surface area contributed by atoms with Gasteiger partial charge in [-0.1, -0.05) is 41.3 Å². The van der Waals surface area contributed by atoms with E-state index >= 15 is 0 Å². The van der Waals surface area contributed by atoms with Crippen LogP contribution in [0.15, 0.2) is 55.7 Å². The van der Waals surface area contributed by atoms with Crippen molar-refractivity contribution in [2.75, 3.05) is 5.32 Å². The standard InChI is InChI=1S/C19H17N5O3S3/c1-2-23-16(26)13-7-3-4-8-14(13)24(19(23)27)10-15(25)20-17-21-22-18(30-17)29-11-12-6-5-9-28-12/h3-9H,2,10-11H2,1H3,(H,20,21,25). The van der Waals surface area contributed by atoms with E-state index in [-0.39, 0.29) is 18.6 Å². The summed E-state index contributed by atoms with van der Waals surface area (Å²) in [5, 5.41) is 13.6. The van der Waals surface area contributed by atoms with Crippen LogP contribution in [0.1, 0.15) is 11.8 Å². The van der Waals surface area contributed by atoms with Gasteiger partial charge >= 0.3 is 5.69 Å². The third-order valence-corrected chi connectivity index (χ3v) is 7.40. The van der Waals surface area contributed by atoms with Crippen LogP contribution in [0.2, 0.25) is 0 Å². The van der Waals surface area contributed by atoms with Crippen molar-refractivity contribution in [1.82, 2.24) is 19.3 Å². The third kappa shape index (κ3) is 4.23. The molecule has 4 aromatic rings. The number of nitrogens with zero attached hydrogens (tertiary/aromatic N) is 4. The molecule has 154 valence electrons. The first-order valence-corrected chi connectivity index (χ1v) is 11.8. The van der Waals surface area contributed by atoms with Crippen molar-refractivity contribution < 1.29 is 4.79 Å². The molecule has 1 amide bonds. The molecule has 0 radical (unpaired) electrons. The van der Waals surface area contributed by atoms with Crippen molar-refractivity contribution in [3.63, 3.8) is 0 Å². The highest BCUT2D eigenvalue weighted by Crippen LogP contribution is 2.29. The van der Waals surface area contributed by atoms with Gasteiger partial charge in [-0.05, 0) is 30.5 Å². The SMILES string of the molecule is CCn1c(=O)c2ccccc2n(CC(=O)Nc2nnc(SCc3cccs3)s2)c1=O. The summed E-state index contributed by atoms with van der Waals surface area (Å²) in [6.45, 7) is 1.72. The van der Waals surface area contributed by atoms with Gasteiger partial charge in [0, 0.05) is 17.2 Å². The van der Waals surface area contributed by atoms with Gasteiger partial charge in [0.15, 0.2) is 4.34 Å². The lowest BCUT2D eigenvalue weighted by Crippen LogP contribution is -2.41. The van der Waals surface area contributed by atoms with Gasteiger partial charge in [-0.3, -0.25) is 24.0 Å². The Labute approximate surface area is 183 Å². The predicted molar refractivity (Wildman–Crippen MR) is 121 cm³/mol. The molecule has 0 spiro atoms. The molecule has 8 nitrogen and oxygen atoms in total. The van der Waals surface area contributed by atoms with Crippen LogP contribution < -0.4 is 16.6 Å². The number of amides is 1. The van der Waals surface area contributed by atoms with Crippen LogP contribution in [0.25, 0.3) is 10.9 Å². The fraction of sp³-hybridized carbons (Fsp3) is 0.211. The minimum absolute atomic E-state index is 0.225. The molecule has 0 saturated carbocycles. The van der Waals surface area contributed by atoms with Crippen LogP contribution in [0.4, 0.5) is 5.13 Å². The Bertz CT molecular complexity index is 1310. The number of thiophene rings is 1. The molecule has 3 aromatic heterocycles. The number of carbonyl (C=O) groups excluding carboxylic acids is 1. The smallest absolute Gasteiger partial charge is 0.299 e. The zero-order valence-electron chi connectivity index (χ0n) is 15.9. The maximum absolute atomic E-state index is 12.7. The average Bonchev–Trinajstić information content (AvgIpc) is 3.42. The zero-order valence-corrected chi connectivity index (χ0v) is 18.4. The van der Waals surface area contributed by atoms with E-state index in [1.165, 1.54) is 20.8 Å². The normalized spacial score (nSPS) is 11.1. The number of nitrogens with one attached hydrogen (secondary N) is 1. The molecule has 0 atom stereocenters. The molecule has 0 aliphatic heterocycles. The Morgan fingerprint density at radius 3 is 2.73 bits per heavy atom. The number of carbonyl (C=O) groups is 1. The van der Waals surface area contributed by atoms with E-state index in [9.17, 15) is 14.4 Å². The maximum atomic E-state index is 12.7. The van der Waals surface area contributed by atoms with Crippen LogP contribution in [-0.2, 0) is 23.6 Å². The van der Waals surface area contributed by atoms with Crippen molar-refractivity contribution in [2.24, 2.45) is 0 Å². The molecule has 0 fully saturated rings. The van der Waals surface area contributed by atoms with Crippen LogP contribution in [-0.4, -0.2) is 25.2 Å². The highest BCUT2D eigenvalue weighted by Gasteiger charge is 2.15. The lowest BCUT2D eigenvalue weighted by molar-refractivity contribution is -0.116. The largest absolute Gasteiger partial charge is 0.331 e. The molecule has 0 bridgehead atoms. The van der Waals surface area contributed by atoms with Crippen molar-refractivity contribution in [3.8, 4) is 0 Å². The zero-order chi connectivity index (χ0) is 21.1. The molecule has 0 unspecified atom stereocenters. The van der Waals surface area contributed by atoms with Gasteiger partial charge in [-0.2, -0.15) is 0 Å². The molecule has 11 heteroatoms. The molecule has 0 aliphatic rings. The number of anilines is 1. The number of thioether (sulfide) groups is 1. The molecule has 3 heterocycles. The maximum Gasteiger partial charge on any atom is 0.331 e. The van der Waals surface area contributed by atoms with Gasteiger partial charge in [0.1, 0.15) is 6.54 Å². The molecule has 30 heavy (non-hydrogen) atoms. The molecule has 0 saturated heterocycles.